The molecule has 0 N–H and O–H groups in total. The smallest absolute Gasteiger partial charge is 0.230 e. The molecule has 0 aliphatic carbocycles. The molecule has 5 heteroatoms. The Morgan fingerprint density at radius 2 is 1.57 bits per heavy atom. The van der Waals surface area contributed by atoms with Crippen molar-refractivity contribution in [1.29, 1.82) is 0 Å². The Hall–Kier alpha value is -1.84. The molecular weight excluding hydrogens is 307 g/mol. The lowest BCUT2D eigenvalue weighted by atomic mass is 9.99. The number of benzene rings is 2. The largest absolute Gasteiger partial charge is 0.277 e. The van der Waals surface area contributed by atoms with E-state index in [1.54, 1.807) is 0 Å². The van der Waals surface area contributed by atoms with Crippen LogP contribution in [0.5, 0.6) is 0 Å². The molecule has 1 aliphatic rings. The average molecular weight is 319 g/mol. The fourth-order valence-corrected chi connectivity index (χ4v) is 2.65. The Morgan fingerprint density at radius 3 is 2.14 bits per heavy atom. The number of rotatable bonds is 3. The van der Waals surface area contributed by atoms with Gasteiger partial charge in [-0.1, -0.05) is 47.5 Å². The molecule has 2 aromatic carbocycles. The minimum absolute atomic E-state index is 0.0922. The molecule has 0 fully saturated rings. The molecule has 1 amide bonds. The van der Waals surface area contributed by atoms with Gasteiger partial charge in [-0.25, -0.2) is 5.01 Å². The first-order chi connectivity index (χ1) is 10.2. The van der Waals surface area contributed by atoms with E-state index in [-0.39, 0.29) is 6.04 Å². The van der Waals surface area contributed by atoms with Crippen LogP contribution in [0, 0.1) is 0 Å². The van der Waals surface area contributed by atoms with Crippen LogP contribution in [0.25, 0.3) is 0 Å². The van der Waals surface area contributed by atoms with Gasteiger partial charge in [-0.15, -0.1) is 0 Å². The molecule has 3 nitrogen and oxygen atoms in total. The number of hydrogen-bond donors (Lipinski definition) is 0. The van der Waals surface area contributed by atoms with Gasteiger partial charge in [-0.2, -0.15) is 5.10 Å². The number of hydrogen-bond acceptors (Lipinski definition) is 2. The molecule has 0 saturated heterocycles. The Balaban J connectivity index is 1.88. The second-order valence-electron chi connectivity index (χ2n) is 4.81. The van der Waals surface area contributed by atoms with Crippen LogP contribution in [0.4, 0.5) is 0 Å². The number of amides is 1. The monoisotopic (exact) mass is 318 g/mol. The van der Waals surface area contributed by atoms with Gasteiger partial charge in [0.2, 0.25) is 6.41 Å². The van der Waals surface area contributed by atoms with Crippen LogP contribution in [0.3, 0.4) is 0 Å². The maximum absolute atomic E-state index is 11.3. The highest BCUT2D eigenvalue weighted by Gasteiger charge is 2.28. The Bertz CT molecular complexity index is 680. The Kier molecular flexibility index (Phi) is 3.95. The number of nitrogens with zero attached hydrogens (tertiary/aromatic N) is 2. The fourth-order valence-electron chi connectivity index (χ4n) is 2.40. The van der Waals surface area contributed by atoms with Crippen LogP contribution in [0.1, 0.15) is 23.6 Å². The molecule has 0 spiro atoms. The highest BCUT2D eigenvalue weighted by Crippen LogP contribution is 2.32. The van der Waals surface area contributed by atoms with Crippen molar-refractivity contribution in [2.75, 3.05) is 0 Å². The molecule has 1 heterocycles. The predicted molar refractivity (Wildman–Crippen MR) is 84.7 cm³/mol. The summed E-state index contributed by atoms with van der Waals surface area (Å²) >= 11 is 11.8. The summed E-state index contributed by atoms with van der Waals surface area (Å²) in [6, 6.07) is 14.8. The minimum Gasteiger partial charge on any atom is -0.277 e. The highest BCUT2D eigenvalue weighted by molar-refractivity contribution is 6.31. The standard InChI is InChI=1S/C16H12Cl2N2O/c17-13-5-1-11(2-6-13)15-9-16(20(10-21)19-15)12-3-7-14(18)8-4-12/h1-8,10,16H,9H2. The molecule has 1 atom stereocenters. The Morgan fingerprint density at radius 1 is 1.00 bits per heavy atom. The normalized spacial score (nSPS) is 17.7. The van der Waals surface area contributed by atoms with Gasteiger partial charge >= 0.3 is 0 Å². The zero-order chi connectivity index (χ0) is 14.8. The first kappa shape index (κ1) is 14.1. The van der Waals surface area contributed by atoms with E-state index in [1.165, 1.54) is 5.01 Å². The van der Waals surface area contributed by atoms with Gasteiger partial charge in [0.25, 0.3) is 0 Å². The summed E-state index contributed by atoms with van der Waals surface area (Å²) in [5.74, 6) is 0. The predicted octanol–water partition coefficient (Wildman–Crippen LogP) is 4.30. The van der Waals surface area contributed by atoms with Gasteiger partial charge in [0.1, 0.15) is 0 Å². The van der Waals surface area contributed by atoms with Gasteiger partial charge in [-0.3, -0.25) is 4.79 Å². The quantitative estimate of drug-likeness (QED) is 0.776. The molecule has 0 bridgehead atoms. The van der Waals surface area contributed by atoms with Crippen molar-refractivity contribution < 1.29 is 4.79 Å². The van der Waals surface area contributed by atoms with E-state index in [0.29, 0.717) is 16.5 Å². The average Bonchev–Trinajstić information content (AvgIpc) is 2.93. The van der Waals surface area contributed by atoms with E-state index < -0.39 is 0 Å². The summed E-state index contributed by atoms with van der Waals surface area (Å²) in [5.41, 5.74) is 2.86. The maximum Gasteiger partial charge on any atom is 0.230 e. The summed E-state index contributed by atoms with van der Waals surface area (Å²) in [5, 5.41) is 7.20. The third-order valence-electron chi connectivity index (χ3n) is 3.48. The van der Waals surface area contributed by atoms with Gasteiger partial charge in [0.05, 0.1) is 11.8 Å². The van der Waals surface area contributed by atoms with E-state index in [9.17, 15) is 4.79 Å². The van der Waals surface area contributed by atoms with Crippen molar-refractivity contribution in [1.82, 2.24) is 5.01 Å². The number of hydrazone groups is 1. The van der Waals surface area contributed by atoms with Crippen molar-refractivity contribution in [3.05, 3.63) is 69.7 Å². The second kappa shape index (κ2) is 5.88. The van der Waals surface area contributed by atoms with E-state index >= 15 is 0 Å². The van der Waals surface area contributed by atoms with Crippen LogP contribution in [-0.4, -0.2) is 17.1 Å². The zero-order valence-electron chi connectivity index (χ0n) is 11.0. The summed E-state index contributed by atoms with van der Waals surface area (Å²) in [4.78, 5) is 11.3. The van der Waals surface area contributed by atoms with Crippen molar-refractivity contribution in [2.24, 2.45) is 5.10 Å². The van der Waals surface area contributed by atoms with Crippen LogP contribution < -0.4 is 0 Å². The van der Waals surface area contributed by atoms with Crippen LogP contribution in [-0.2, 0) is 4.79 Å². The first-order valence-corrected chi connectivity index (χ1v) is 7.25. The first-order valence-electron chi connectivity index (χ1n) is 6.50. The molecule has 106 valence electrons. The number of halogens is 2. The minimum atomic E-state index is -0.0922. The summed E-state index contributed by atoms with van der Waals surface area (Å²) in [6.07, 6.45) is 1.42. The second-order valence-corrected chi connectivity index (χ2v) is 5.68. The number of carbonyl (C=O) groups excluding carboxylic acids is 1. The molecule has 21 heavy (non-hydrogen) atoms. The lowest BCUT2D eigenvalue weighted by Crippen LogP contribution is -2.17. The van der Waals surface area contributed by atoms with Crippen LogP contribution >= 0.6 is 23.2 Å². The molecule has 3 rings (SSSR count). The van der Waals surface area contributed by atoms with E-state index in [1.807, 2.05) is 48.5 Å². The Labute approximate surface area is 132 Å². The van der Waals surface area contributed by atoms with Crippen LogP contribution in [0.15, 0.2) is 53.6 Å². The molecule has 0 aromatic heterocycles. The van der Waals surface area contributed by atoms with Gasteiger partial charge in [0, 0.05) is 16.5 Å². The van der Waals surface area contributed by atoms with Gasteiger partial charge in [0.15, 0.2) is 0 Å². The molecule has 2 aromatic rings. The lowest BCUT2D eigenvalue weighted by Gasteiger charge is -2.17. The summed E-state index contributed by atoms with van der Waals surface area (Å²) in [6.45, 7) is 0. The van der Waals surface area contributed by atoms with E-state index in [0.717, 1.165) is 23.2 Å². The third-order valence-corrected chi connectivity index (χ3v) is 3.99. The number of carbonyl (C=O) groups is 1. The van der Waals surface area contributed by atoms with Crippen molar-refractivity contribution >= 4 is 35.3 Å². The molecule has 1 aliphatic heterocycles. The topological polar surface area (TPSA) is 32.7 Å². The SMILES string of the molecule is O=CN1N=C(c2ccc(Cl)cc2)CC1c1ccc(Cl)cc1. The maximum atomic E-state index is 11.3. The van der Waals surface area contributed by atoms with E-state index in [2.05, 4.69) is 5.10 Å². The third kappa shape index (κ3) is 2.94. The van der Waals surface area contributed by atoms with Gasteiger partial charge in [-0.05, 0) is 35.4 Å². The molecular formula is C16H12Cl2N2O. The van der Waals surface area contributed by atoms with E-state index in [4.69, 9.17) is 23.2 Å². The molecule has 1 unspecified atom stereocenters. The molecule has 0 radical (unpaired) electrons. The van der Waals surface area contributed by atoms with Crippen molar-refractivity contribution in [3.63, 3.8) is 0 Å². The van der Waals surface area contributed by atoms with Crippen molar-refractivity contribution in [3.8, 4) is 0 Å². The molecule has 0 saturated carbocycles. The van der Waals surface area contributed by atoms with Crippen molar-refractivity contribution in [2.45, 2.75) is 12.5 Å². The fraction of sp³-hybridized carbons (Fsp3) is 0.125. The van der Waals surface area contributed by atoms with Crippen LogP contribution in [0.2, 0.25) is 10.0 Å². The highest BCUT2D eigenvalue weighted by atomic mass is 35.5. The summed E-state index contributed by atoms with van der Waals surface area (Å²) < 4.78 is 0. The summed E-state index contributed by atoms with van der Waals surface area (Å²) in [7, 11) is 0. The van der Waals surface area contributed by atoms with Gasteiger partial charge < -0.3 is 0 Å². The zero-order valence-corrected chi connectivity index (χ0v) is 12.6. The lowest BCUT2D eigenvalue weighted by molar-refractivity contribution is -0.119.